The zero-order valence-electron chi connectivity index (χ0n) is 13.7. The number of nitrogens with two attached hydrogens (primary N) is 1. The third kappa shape index (κ3) is 4.34. The zero-order chi connectivity index (χ0) is 16.1. The van der Waals surface area contributed by atoms with Gasteiger partial charge in [-0.05, 0) is 29.9 Å². The molecular weight excluding hydrogens is 286 g/mol. The first-order chi connectivity index (χ1) is 11.2. The van der Waals surface area contributed by atoms with Crippen molar-refractivity contribution in [2.45, 2.75) is 32.9 Å². The first-order valence-electron chi connectivity index (χ1n) is 8.29. The molecule has 0 bridgehead atoms. The van der Waals surface area contributed by atoms with Crippen LogP contribution in [0, 0.1) is 5.92 Å². The van der Waals surface area contributed by atoms with Crippen molar-refractivity contribution in [3.8, 4) is 0 Å². The number of hydrogen-bond donors (Lipinski definition) is 1. The number of likely N-dealkylation sites (tertiary alicyclic amines) is 1. The molecule has 1 fully saturated rings. The number of hydrogen-bond acceptors (Lipinski definition) is 2. The lowest BCUT2D eigenvalue weighted by Crippen LogP contribution is -2.42. The van der Waals surface area contributed by atoms with Crippen molar-refractivity contribution in [1.82, 2.24) is 14.5 Å². The molecule has 0 spiro atoms. The molecule has 5 nitrogen and oxygen atoms in total. The average Bonchev–Trinajstić information content (AvgIpc) is 3.07. The maximum absolute atomic E-state index is 6.13. The Morgan fingerprint density at radius 1 is 1.22 bits per heavy atom. The summed E-state index contributed by atoms with van der Waals surface area (Å²) in [6, 6.07) is 8.54. The van der Waals surface area contributed by atoms with Gasteiger partial charge in [-0.1, -0.05) is 31.2 Å². The Hall–Kier alpha value is -2.30. The van der Waals surface area contributed by atoms with Gasteiger partial charge in [0, 0.05) is 32.0 Å². The Morgan fingerprint density at radius 2 is 1.91 bits per heavy atom. The van der Waals surface area contributed by atoms with Crippen molar-refractivity contribution < 1.29 is 0 Å². The molecule has 0 saturated carbocycles. The largest absolute Gasteiger partial charge is 0.370 e. The van der Waals surface area contributed by atoms with Gasteiger partial charge in [-0.2, -0.15) is 0 Å². The third-order valence-corrected chi connectivity index (χ3v) is 4.48. The van der Waals surface area contributed by atoms with E-state index in [0.29, 0.717) is 12.5 Å². The summed E-state index contributed by atoms with van der Waals surface area (Å²) in [4.78, 5) is 10.8. The van der Waals surface area contributed by atoms with Crippen molar-refractivity contribution >= 4 is 5.96 Å². The molecule has 5 heteroatoms. The first kappa shape index (κ1) is 15.6. The van der Waals surface area contributed by atoms with E-state index in [1.165, 1.54) is 24.0 Å². The summed E-state index contributed by atoms with van der Waals surface area (Å²) in [7, 11) is 0. The molecule has 1 aliphatic rings. The number of benzene rings is 1. The van der Waals surface area contributed by atoms with Gasteiger partial charge in [-0.15, -0.1) is 0 Å². The van der Waals surface area contributed by atoms with E-state index in [1.54, 1.807) is 6.20 Å². The van der Waals surface area contributed by atoms with Crippen LogP contribution in [-0.4, -0.2) is 33.5 Å². The molecule has 23 heavy (non-hydrogen) atoms. The molecule has 0 unspecified atom stereocenters. The van der Waals surface area contributed by atoms with E-state index < -0.39 is 0 Å². The summed E-state index contributed by atoms with van der Waals surface area (Å²) in [5, 5.41) is 0. The Kier molecular flexibility index (Phi) is 4.95. The second-order valence-corrected chi connectivity index (χ2v) is 6.40. The van der Waals surface area contributed by atoms with Crippen LogP contribution in [0.15, 0.2) is 48.0 Å². The van der Waals surface area contributed by atoms with Gasteiger partial charge in [0.2, 0.25) is 0 Å². The van der Waals surface area contributed by atoms with E-state index >= 15 is 0 Å². The predicted molar refractivity (Wildman–Crippen MR) is 93.1 cm³/mol. The fourth-order valence-electron chi connectivity index (χ4n) is 2.85. The molecule has 1 aliphatic heterocycles. The van der Waals surface area contributed by atoms with Crippen LogP contribution >= 0.6 is 0 Å². The number of piperidine rings is 1. The number of aliphatic imine (C=N–C) groups is 1. The van der Waals surface area contributed by atoms with Crippen LogP contribution in [0.1, 0.15) is 30.9 Å². The van der Waals surface area contributed by atoms with Crippen LogP contribution in [0.5, 0.6) is 0 Å². The second-order valence-electron chi connectivity index (χ2n) is 6.40. The van der Waals surface area contributed by atoms with Gasteiger partial charge in [0.1, 0.15) is 0 Å². The fourth-order valence-corrected chi connectivity index (χ4v) is 2.85. The smallest absolute Gasteiger partial charge is 0.191 e. The van der Waals surface area contributed by atoms with Crippen LogP contribution in [0.3, 0.4) is 0 Å². The topological polar surface area (TPSA) is 59.4 Å². The van der Waals surface area contributed by atoms with E-state index in [0.717, 1.165) is 25.6 Å². The number of aromatic nitrogens is 2. The number of guanidine groups is 1. The van der Waals surface area contributed by atoms with E-state index in [-0.39, 0.29) is 0 Å². The molecule has 2 aromatic rings. The molecular formula is C18H25N5. The SMILES string of the molecule is CC1CCN(C(N)=NCc2ccc(Cn3ccnc3)cc2)CC1. The average molecular weight is 311 g/mol. The van der Waals surface area contributed by atoms with Gasteiger partial charge in [-0.3, -0.25) is 0 Å². The maximum Gasteiger partial charge on any atom is 0.191 e. The summed E-state index contributed by atoms with van der Waals surface area (Å²) >= 11 is 0. The van der Waals surface area contributed by atoms with E-state index in [4.69, 9.17) is 5.73 Å². The van der Waals surface area contributed by atoms with Crippen LogP contribution in [0.2, 0.25) is 0 Å². The highest BCUT2D eigenvalue weighted by atomic mass is 15.3. The molecule has 3 rings (SSSR count). The van der Waals surface area contributed by atoms with Crippen LogP contribution in [-0.2, 0) is 13.1 Å². The van der Waals surface area contributed by atoms with E-state index in [1.807, 2.05) is 12.5 Å². The summed E-state index contributed by atoms with van der Waals surface area (Å²) < 4.78 is 2.06. The van der Waals surface area contributed by atoms with Crippen molar-refractivity contribution in [2.24, 2.45) is 16.6 Å². The van der Waals surface area contributed by atoms with Gasteiger partial charge in [0.05, 0.1) is 12.9 Å². The molecule has 0 amide bonds. The Balaban J connectivity index is 1.54. The number of imidazole rings is 1. The zero-order valence-corrected chi connectivity index (χ0v) is 13.7. The summed E-state index contributed by atoms with van der Waals surface area (Å²) in [6.07, 6.45) is 8.02. The molecule has 2 heterocycles. The predicted octanol–water partition coefficient (Wildman–Crippen LogP) is 2.48. The number of nitrogens with zero attached hydrogens (tertiary/aromatic N) is 4. The Morgan fingerprint density at radius 3 is 2.57 bits per heavy atom. The fraction of sp³-hybridized carbons (Fsp3) is 0.444. The van der Waals surface area contributed by atoms with E-state index in [2.05, 4.69) is 50.6 Å². The highest BCUT2D eigenvalue weighted by molar-refractivity contribution is 5.78. The lowest BCUT2D eigenvalue weighted by atomic mass is 10.00. The van der Waals surface area contributed by atoms with Crippen molar-refractivity contribution in [3.05, 3.63) is 54.1 Å². The minimum atomic E-state index is 0.642. The van der Waals surface area contributed by atoms with Gasteiger partial charge < -0.3 is 15.2 Å². The summed E-state index contributed by atoms with van der Waals surface area (Å²) in [5.41, 5.74) is 8.57. The standard InChI is InChI=1S/C18H25N5/c1-15-6-9-23(10-7-15)18(19)21-12-16-2-4-17(5-3-16)13-22-11-8-20-14-22/h2-5,8,11,14-15H,6-7,9-10,12-13H2,1H3,(H2,19,21). The van der Waals surface area contributed by atoms with Crippen molar-refractivity contribution in [1.29, 1.82) is 0 Å². The minimum Gasteiger partial charge on any atom is -0.370 e. The van der Waals surface area contributed by atoms with Crippen molar-refractivity contribution in [2.75, 3.05) is 13.1 Å². The highest BCUT2D eigenvalue weighted by Gasteiger charge is 2.16. The van der Waals surface area contributed by atoms with Gasteiger partial charge in [0.25, 0.3) is 0 Å². The normalized spacial score (nSPS) is 16.7. The maximum atomic E-state index is 6.13. The summed E-state index contributed by atoms with van der Waals surface area (Å²) in [5.74, 6) is 1.49. The Labute approximate surface area is 137 Å². The van der Waals surface area contributed by atoms with Crippen LogP contribution < -0.4 is 5.73 Å². The van der Waals surface area contributed by atoms with E-state index in [9.17, 15) is 0 Å². The quantitative estimate of drug-likeness (QED) is 0.697. The molecule has 122 valence electrons. The molecule has 2 N–H and O–H groups in total. The number of rotatable bonds is 4. The van der Waals surface area contributed by atoms with Gasteiger partial charge in [0.15, 0.2) is 5.96 Å². The monoisotopic (exact) mass is 311 g/mol. The molecule has 0 aliphatic carbocycles. The highest BCUT2D eigenvalue weighted by Crippen LogP contribution is 2.15. The third-order valence-electron chi connectivity index (χ3n) is 4.48. The van der Waals surface area contributed by atoms with Crippen LogP contribution in [0.4, 0.5) is 0 Å². The second kappa shape index (κ2) is 7.31. The minimum absolute atomic E-state index is 0.642. The van der Waals surface area contributed by atoms with Crippen LogP contribution in [0.25, 0.3) is 0 Å². The first-order valence-corrected chi connectivity index (χ1v) is 8.29. The van der Waals surface area contributed by atoms with Crippen molar-refractivity contribution in [3.63, 3.8) is 0 Å². The molecule has 0 radical (unpaired) electrons. The summed E-state index contributed by atoms with van der Waals surface area (Å²) in [6.45, 7) is 5.84. The molecule has 1 aromatic heterocycles. The molecule has 1 aromatic carbocycles. The lowest BCUT2D eigenvalue weighted by molar-refractivity contribution is 0.277. The lowest BCUT2D eigenvalue weighted by Gasteiger charge is -2.31. The molecule has 0 atom stereocenters. The molecule has 1 saturated heterocycles. The Bertz CT molecular complexity index is 622. The van der Waals surface area contributed by atoms with Gasteiger partial charge >= 0.3 is 0 Å². The van der Waals surface area contributed by atoms with Gasteiger partial charge in [-0.25, -0.2) is 9.98 Å².